The first kappa shape index (κ1) is 15.7. The molecule has 1 heterocycles. The summed E-state index contributed by atoms with van der Waals surface area (Å²) in [4.78, 5) is 13.6. The lowest BCUT2D eigenvalue weighted by atomic mass is 9.98. The van der Waals surface area contributed by atoms with Gasteiger partial charge in [0.05, 0.1) is 0 Å². The molecule has 5 heteroatoms. The molecule has 1 fully saturated rings. The third kappa shape index (κ3) is 5.14. The zero-order chi connectivity index (χ0) is 11.1. The minimum atomic E-state index is 0. The third-order valence-corrected chi connectivity index (χ3v) is 2.78. The van der Waals surface area contributed by atoms with Crippen LogP contribution in [-0.2, 0) is 9.53 Å². The van der Waals surface area contributed by atoms with Crippen LogP contribution in [0.2, 0.25) is 0 Å². The van der Waals surface area contributed by atoms with E-state index in [1.807, 2.05) is 11.8 Å². The van der Waals surface area contributed by atoms with Gasteiger partial charge >= 0.3 is 0 Å². The van der Waals surface area contributed by atoms with Gasteiger partial charge in [-0.05, 0) is 31.7 Å². The predicted molar refractivity (Wildman–Crippen MR) is 66.7 cm³/mol. The summed E-state index contributed by atoms with van der Waals surface area (Å²) < 4.78 is 5.24. The fourth-order valence-corrected chi connectivity index (χ4v) is 1.88. The smallest absolute Gasteiger partial charge is 0.248 e. The number of halogens is 1. The van der Waals surface area contributed by atoms with Crippen LogP contribution in [0.5, 0.6) is 0 Å². The number of carbonyl (C=O) groups is 1. The Balaban J connectivity index is 0.00000225. The first-order valence-corrected chi connectivity index (χ1v) is 5.83. The van der Waals surface area contributed by atoms with Crippen molar-refractivity contribution < 1.29 is 9.53 Å². The molecule has 1 aliphatic heterocycles. The predicted octanol–water partition coefficient (Wildman–Crippen LogP) is 1.03. The number of rotatable bonds is 5. The van der Waals surface area contributed by atoms with Crippen molar-refractivity contribution >= 4 is 18.3 Å². The standard InChI is InChI=1S/C11H22N2O2.ClH/c1-2-6-15-9-11(14)13-5-3-4-10(7-12)8-13;/h10H,2-9,12H2,1H3;1H. The molecule has 0 radical (unpaired) electrons. The maximum Gasteiger partial charge on any atom is 0.248 e. The topological polar surface area (TPSA) is 55.6 Å². The van der Waals surface area contributed by atoms with Gasteiger partial charge in [-0.25, -0.2) is 0 Å². The minimum Gasteiger partial charge on any atom is -0.372 e. The Morgan fingerprint density at radius 2 is 2.31 bits per heavy atom. The van der Waals surface area contributed by atoms with E-state index in [4.69, 9.17) is 10.5 Å². The second-order valence-corrected chi connectivity index (χ2v) is 4.14. The number of piperidine rings is 1. The van der Waals surface area contributed by atoms with Gasteiger partial charge in [-0.15, -0.1) is 12.4 Å². The van der Waals surface area contributed by atoms with Gasteiger partial charge in [-0.3, -0.25) is 4.79 Å². The van der Waals surface area contributed by atoms with Gasteiger partial charge in [-0.1, -0.05) is 6.92 Å². The van der Waals surface area contributed by atoms with Crippen LogP contribution in [0.3, 0.4) is 0 Å². The summed E-state index contributed by atoms with van der Waals surface area (Å²) >= 11 is 0. The molecule has 1 aliphatic rings. The van der Waals surface area contributed by atoms with E-state index in [-0.39, 0.29) is 24.9 Å². The van der Waals surface area contributed by atoms with Crippen LogP contribution in [0.1, 0.15) is 26.2 Å². The molecule has 2 N–H and O–H groups in total. The largest absolute Gasteiger partial charge is 0.372 e. The van der Waals surface area contributed by atoms with Crippen molar-refractivity contribution in [3.63, 3.8) is 0 Å². The molecule has 0 aliphatic carbocycles. The Hall–Kier alpha value is -0.320. The lowest BCUT2D eigenvalue weighted by molar-refractivity contribution is -0.137. The van der Waals surface area contributed by atoms with Crippen molar-refractivity contribution in [1.29, 1.82) is 0 Å². The number of nitrogens with two attached hydrogens (primary N) is 1. The van der Waals surface area contributed by atoms with Crippen LogP contribution in [0, 0.1) is 5.92 Å². The number of carbonyl (C=O) groups excluding carboxylic acids is 1. The van der Waals surface area contributed by atoms with Crippen molar-refractivity contribution in [1.82, 2.24) is 4.90 Å². The molecule has 96 valence electrons. The number of ether oxygens (including phenoxy) is 1. The van der Waals surface area contributed by atoms with Crippen LogP contribution in [0.4, 0.5) is 0 Å². The number of amides is 1. The summed E-state index contributed by atoms with van der Waals surface area (Å²) in [6.45, 7) is 5.29. The van der Waals surface area contributed by atoms with E-state index in [1.54, 1.807) is 0 Å². The normalized spacial score (nSPS) is 20.4. The van der Waals surface area contributed by atoms with Crippen LogP contribution in [0.25, 0.3) is 0 Å². The van der Waals surface area contributed by atoms with Crippen molar-refractivity contribution in [2.45, 2.75) is 26.2 Å². The highest BCUT2D eigenvalue weighted by atomic mass is 35.5. The quantitative estimate of drug-likeness (QED) is 0.742. The SMILES string of the molecule is CCCOCC(=O)N1CCCC(CN)C1.Cl. The number of likely N-dealkylation sites (tertiary alicyclic amines) is 1. The first-order valence-electron chi connectivity index (χ1n) is 5.83. The Kier molecular flexibility index (Phi) is 8.61. The van der Waals surface area contributed by atoms with E-state index < -0.39 is 0 Å². The summed E-state index contributed by atoms with van der Waals surface area (Å²) in [6.07, 6.45) is 3.18. The molecule has 4 nitrogen and oxygen atoms in total. The Morgan fingerprint density at radius 3 is 2.94 bits per heavy atom. The molecule has 0 aromatic heterocycles. The molecule has 1 amide bonds. The minimum absolute atomic E-state index is 0. The van der Waals surface area contributed by atoms with Gasteiger partial charge in [-0.2, -0.15) is 0 Å². The van der Waals surface area contributed by atoms with Crippen molar-refractivity contribution in [3.8, 4) is 0 Å². The number of hydrogen-bond acceptors (Lipinski definition) is 3. The van der Waals surface area contributed by atoms with Crippen molar-refractivity contribution in [2.75, 3.05) is 32.8 Å². The lowest BCUT2D eigenvalue weighted by Crippen LogP contribution is -2.43. The average Bonchev–Trinajstić information content (AvgIpc) is 2.29. The number of hydrogen-bond donors (Lipinski definition) is 1. The molecule has 1 rings (SSSR count). The summed E-state index contributed by atoms with van der Waals surface area (Å²) in [5.41, 5.74) is 5.62. The maximum atomic E-state index is 11.7. The second-order valence-electron chi connectivity index (χ2n) is 4.14. The molecule has 0 bridgehead atoms. The molecular formula is C11H23ClN2O2. The van der Waals surface area contributed by atoms with Crippen LogP contribution < -0.4 is 5.73 Å². The van der Waals surface area contributed by atoms with Crippen LogP contribution in [0.15, 0.2) is 0 Å². The van der Waals surface area contributed by atoms with Gasteiger partial charge in [0, 0.05) is 19.7 Å². The molecule has 0 spiro atoms. The van der Waals surface area contributed by atoms with Crippen molar-refractivity contribution in [2.24, 2.45) is 11.7 Å². The van der Waals surface area contributed by atoms with Crippen LogP contribution in [-0.4, -0.2) is 43.7 Å². The fraction of sp³-hybridized carbons (Fsp3) is 0.909. The van der Waals surface area contributed by atoms with Gasteiger partial charge in [0.15, 0.2) is 0 Å². The van der Waals surface area contributed by atoms with E-state index in [0.29, 0.717) is 19.1 Å². The highest BCUT2D eigenvalue weighted by molar-refractivity contribution is 5.85. The fourth-order valence-electron chi connectivity index (χ4n) is 1.88. The molecule has 16 heavy (non-hydrogen) atoms. The summed E-state index contributed by atoms with van der Waals surface area (Å²) in [7, 11) is 0. The average molecular weight is 251 g/mol. The molecule has 1 atom stereocenters. The highest BCUT2D eigenvalue weighted by Gasteiger charge is 2.22. The Bertz CT molecular complexity index is 202. The van der Waals surface area contributed by atoms with E-state index in [1.165, 1.54) is 0 Å². The van der Waals surface area contributed by atoms with Crippen molar-refractivity contribution in [3.05, 3.63) is 0 Å². The molecule has 1 saturated heterocycles. The third-order valence-electron chi connectivity index (χ3n) is 2.78. The zero-order valence-electron chi connectivity index (χ0n) is 9.98. The van der Waals surface area contributed by atoms with E-state index in [0.717, 1.165) is 32.4 Å². The second kappa shape index (κ2) is 8.79. The zero-order valence-corrected chi connectivity index (χ0v) is 10.8. The van der Waals surface area contributed by atoms with E-state index >= 15 is 0 Å². The van der Waals surface area contributed by atoms with Crippen LogP contribution >= 0.6 is 12.4 Å². The lowest BCUT2D eigenvalue weighted by Gasteiger charge is -2.32. The molecule has 0 aromatic carbocycles. The van der Waals surface area contributed by atoms with Gasteiger partial charge < -0.3 is 15.4 Å². The maximum absolute atomic E-state index is 11.7. The first-order chi connectivity index (χ1) is 7.27. The summed E-state index contributed by atoms with van der Waals surface area (Å²) in [6, 6.07) is 0. The van der Waals surface area contributed by atoms with Gasteiger partial charge in [0.25, 0.3) is 0 Å². The molecule has 1 unspecified atom stereocenters. The summed E-state index contributed by atoms with van der Waals surface area (Å²) in [5, 5.41) is 0. The number of nitrogens with zero attached hydrogens (tertiary/aromatic N) is 1. The van der Waals surface area contributed by atoms with Gasteiger partial charge in [0.1, 0.15) is 6.61 Å². The Morgan fingerprint density at radius 1 is 1.56 bits per heavy atom. The molecule has 0 saturated carbocycles. The Labute approximate surface area is 104 Å². The van der Waals surface area contributed by atoms with E-state index in [2.05, 4.69) is 0 Å². The van der Waals surface area contributed by atoms with Gasteiger partial charge in [0.2, 0.25) is 5.91 Å². The monoisotopic (exact) mass is 250 g/mol. The highest BCUT2D eigenvalue weighted by Crippen LogP contribution is 2.15. The molecule has 0 aromatic rings. The summed E-state index contributed by atoms with van der Waals surface area (Å²) in [5.74, 6) is 0.593. The molecular weight excluding hydrogens is 228 g/mol. The van der Waals surface area contributed by atoms with E-state index in [9.17, 15) is 4.79 Å².